The van der Waals surface area contributed by atoms with Crippen LogP contribution < -0.4 is 5.90 Å². The molecule has 0 fully saturated rings. The van der Waals surface area contributed by atoms with E-state index in [4.69, 9.17) is 15.5 Å². The summed E-state index contributed by atoms with van der Waals surface area (Å²) in [5, 5.41) is 0. The first-order valence-electron chi connectivity index (χ1n) is 3.57. The number of hydrogen-bond donors (Lipinski definition) is 1. The predicted octanol–water partition coefficient (Wildman–Crippen LogP) is 0.982. The number of allylic oxidation sites excluding steroid dienone is 1. The number of nitrogens with two attached hydrogens (primary N) is 1. The van der Waals surface area contributed by atoms with Crippen LogP contribution in [-0.4, -0.2) is 13.2 Å². The lowest BCUT2D eigenvalue weighted by Gasteiger charge is -2.19. The summed E-state index contributed by atoms with van der Waals surface area (Å²) in [6.45, 7) is 2.03. The molecule has 62 valence electrons. The molecule has 0 aromatic rings. The van der Waals surface area contributed by atoms with Crippen molar-refractivity contribution in [2.45, 2.75) is 13.0 Å². The van der Waals surface area contributed by atoms with Gasteiger partial charge in [-0.25, -0.2) is 5.90 Å². The molecule has 1 aliphatic rings. The molecule has 0 saturated carbocycles. The summed E-state index contributed by atoms with van der Waals surface area (Å²) in [7, 11) is 1.65. The normalized spacial score (nSPS) is 29.9. The molecule has 0 aromatic carbocycles. The zero-order chi connectivity index (χ0) is 8.27. The van der Waals surface area contributed by atoms with Gasteiger partial charge >= 0.3 is 0 Å². The third-order valence-corrected chi connectivity index (χ3v) is 1.79. The van der Waals surface area contributed by atoms with Crippen molar-refractivity contribution in [3.8, 4) is 0 Å². The molecule has 0 bridgehead atoms. The van der Waals surface area contributed by atoms with Gasteiger partial charge in [-0.2, -0.15) is 0 Å². The highest BCUT2D eigenvalue weighted by Gasteiger charge is 2.16. The van der Waals surface area contributed by atoms with E-state index >= 15 is 0 Å². The topological polar surface area (TPSA) is 44.5 Å². The average Bonchev–Trinajstić information content (AvgIpc) is 2.04. The highest BCUT2D eigenvalue weighted by Crippen LogP contribution is 2.18. The maximum atomic E-state index is 5.06. The number of methoxy groups -OCH3 is 1. The van der Waals surface area contributed by atoms with Crippen LogP contribution in [0, 0.1) is 5.92 Å². The molecular weight excluding hydrogens is 142 g/mol. The lowest BCUT2D eigenvalue weighted by Crippen LogP contribution is -2.23. The van der Waals surface area contributed by atoms with E-state index in [0.29, 0.717) is 0 Å². The van der Waals surface area contributed by atoms with E-state index < -0.39 is 0 Å². The standard InChI is InChI=1S/C8H13NO2/c1-6-5-7(10-2)3-4-8(6)11-9/h3-6,8H,9H2,1-2H3. The van der Waals surface area contributed by atoms with Crippen LogP contribution in [0.2, 0.25) is 0 Å². The Morgan fingerprint density at radius 3 is 2.73 bits per heavy atom. The first kappa shape index (κ1) is 8.30. The first-order valence-corrected chi connectivity index (χ1v) is 3.57. The van der Waals surface area contributed by atoms with Crippen LogP contribution in [0.3, 0.4) is 0 Å². The van der Waals surface area contributed by atoms with Crippen molar-refractivity contribution in [2.24, 2.45) is 11.8 Å². The van der Waals surface area contributed by atoms with E-state index in [1.165, 1.54) is 0 Å². The largest absolute Gasteiger partial charge is 0.497 e. The maximum absolute atomic E-state index is 5.06. The van der Waals surface area contributed by atoms with Crippen molar-refractivity contribution in [2.75, 3.05) is 7.11 Å². The van der Waals surface area contributed by atoms with Gasteiger partial charge in [0.05, 0.1) is 7.11 Å². The number of ether oxygens (including phenoxy) is 1. The molecule has 0 saturated heterocycles. The third kappa shape index (κ3) is 1.82. The quantitative estimate of drug-likeness (QED) is 0.604. The van der Waals surface area contributed by atoms with Crippen molar-refractivity contribution >= 4 is 0 Å². The van der Waals surface area contributed by atoms with Gasteiger partial charge < -0.3 is 4.74 Å². The van der Waals surface area contributed by atoms with Crippen molar-refractivity contribution in [3.05, 3.63) is 24.0 Å². The maximum Gasteiger partial charge on any atom is 0.115 e. The Bertz CT molecular complexity index is 187. The molecule has 3 heteroatoms. The Morgan fingerprint density at radius 2 is 2.27 bits per heavy atom. The minimum atomic E-state index is -0.0195. The minimum absolute atomic E-state index is 0.0195. The van der Waals surface area contributed by atoms with Crippen molar-refractivity contribution in [1.82, 2.24) is 0 Å². The van der Waals surface area contributed by atoms with Gasteiger partial charge in [-0.3, -0.25) is 4.84 Å². The Hall–Kier alpha value is -0.800. The van der Waals surface area contributed by atoms with E-state index in [-0.39, 0.29) is 12.0 Å². The van der Waals surface area contributed by atoms with Gasteiger partial charge in [0.1, 0.15) is 11.9 Å². The van der Waals surface area contributed by atoms with E-state index in [1.54, 1.807) is 7.11 Å². The predicted molar refractivity (Wildman–Crippen MR) is 42.5 cm³/mol. The summed E-state index contributed by atoms with van der Waals surface area (Å²) >= 11 is 0. The van der Waals surface area contributed by atoms with Crippen molar-refractivity contribution < 1.29 is 9.57 Å². The minimum Gasteiger partial charge on any atom is -0.497 e. The van der Waals surface area contributed by atoms with Crippen molar-refractivity contribution in [1.29, 1.82) is 0 Å². The second-order valence-corrected chi connectivity index (χ2v) is 2.59. The lowest BCUT2D eigenvalue weighted by atomic mass is 9.99. The monoisotopic (exact) mass is 155 g/mol. The van der Waals surface area contributed by atoms with Crippen LogP contribution in [0.1, 0.15) is 6.92 Å². The molecule has 0 aromatic heterocycles. The van der Waals surface area contributed by atoms with Gasteiger partial charge in [0.15, 0.2) is 0 Å². The fraction of sp³-hybridized carbons (Fsp3) is 0.500. The van der Waals surface area contributed by atoms with Crippen LogP contribution in [-0.2, 0) is 9.57 Å². The van der Waals surface area contributed by atoms with E-state index in [9.17, 15) is 0 Å². The molecule has 0 aliphatic heterocycles. The van der Waals surface area contributed by atoms with Crippen LogP contribution >= 0.6 is 0 Å². The molecule has 0 amide bonds. The summed E-state index contributed by atoms with van der Waals surface area (Å²) in [5.74, 6) is 6.20. The first-order chi connectivity index (χ1) is 5.27. The Morgan fingerprint density at radius 1 is 1.55 bits per heavy atom. The summed E-state index contributed by atoms with van der Waals surface area (Å²) in [6.07, 6.45) is 5.72. The fourth-order valence-electron chi connectivity index (χ4n) is 1.08. The van der Waals surface area contributed by atoms with E-state index in [1.807, 2.05) is 25.2 Å². The molecule has 0 spiro atoms. The summed E-state index contributed by atoms with van der Waals surface area (Å²) in [6, 6.07) is 0. The number of rotatable bonds is 2. The van der Waals surface area contributed by atoms with Crippen LogP contribution in [0.5, 0.6) is 0 Å². The summed E-state index contributed by atoms with van der Waals surface area (Å²) in [5.41, 5.74) is 0. The smallest absolute Gasteiger partial charge is 0.115 e. The fourth-order valence-corrected chi connectivity index (χ4v) is 1.08. The molecule has 1 rings (SSSR count). The highest BCUT2D eigenvalue weighted by atomic mass is 16.6. The van der Waals surface area contributed by atoms with Crippen LogP contribution in [0.4, 0.5) is 0 Å². The second-order valence-electron chi connectivity index (χ2n) is 2.59. The summed E-state index contributed by atoms with van der Waals surface area (Å²) in [4.78, 5) is 4.71. The molecule has 2 N–H and O–H groups in total. The molecule has 0 radical (unpaired) electrons. The van der Waals surface area contributed by atoms with Crippen LogP contribution in [0.15, 0.2) is 24.0 Å². The molecular formula is C8H13NO2. The van der Waals surface area contributed by atoms with E-state index in [2.05, 4.69) is 0 Å². The van der Waals surface area contributed by atoms with E-state index in [0.717, 1.165) is 5.76 Å². The molecule has 3 nitrogen and oxygen atoms in total. The summed E-state index contributed by atoms with van der Waals surface area (Å²) < 4.78 is 5.03. The molecule has 0 heterocycles. The van der Waals surface area contributed by atoms with Gasteiger partial charge in [0, 0.05) is 5.92 Å². The number of hydrogen-bond acceptors (Lipinski definition) is 3. The average molecular weight is 155 g/mol. The lowest BCUT2D eigenvalue weighted by molar-refractivity contribution is 0.0600. The SMILES string of the molecule is COC1=CC(C)C(ON)C=C1. The Labute approximate surface area is 66.4 Å². The van der Waals surface area contributed by atoms with Crippen LogP contribution in [0.25, 0.3) is 0 Å². The zero-order valence-electron chi connectivity index (χ0n) is 6.78. The van der Waals surface area contributed by atoms with Crippen molar-refractivity contribution in [3.63, 3.8) is 0 Å². The molecule has 2 atom stereocenters. The highest BCUT2D eigenvalue weighted by molar-refractivity contribution is 5.21. The molecule has 11 heavy (non-hydrogen) atoms. The third-order valence-electron chi connectivity index (χ3n) is 1.79. The van der Waals surface area contributed by atoms with Gasteiger partial charge in [-0.1, -0.05) is 6.92 Å². The Balaban J connectivity index is 2.63. The zero-order valence-corrected chi connectivity index (χ0v) is 6.78. The second kappa shape index (κ2) is 3.55. The van der Waals surface area contributed by atoms with Gasteiger partial charge in [-0.05, 0) is 18.2 Å². The van der Waals surface area contributed by atoms with Gasteiger partial charge in [0.2, 0.25) is 0 Å². The van der Waals surface area contributed by atoms with Gasteiger partial charge in [0.25, 0.3) is 0 Å². The van der Waals surface area contributed by atoms with Gasteiger partial charge in [-0.15, -0.1) is 0 Å². The molecule has 1 aliphatic carbocycles. The Kier molecular flexibility index (Phi) is 2.68. The molecule has 2 unspecified atom stereocenters.